The maximum Gasteiger partial charge on any atom is 0.0704 e. The number of hydrogen-bond donors (Lipinski definition) is 1. The molecule has 0 aliphatic heterocycles. The van der Waals surface area contributed by atoms with Crippen molar-refractivity contribution in [2.75, 3.05) is 7.05 Å². The van der Waals surface area contributed by atoms with Gasteiger partial charge in [-0.25, -0.2) is 0 Å². The molecule has 1 saturated carbocycles. The number of thiophene rings is 1. The van der Waals surface area contributed by atoms with Gasteiger partial charge in [0.25, 0.3) is 0 Å². The first kappa shape index (κ1) is 12.6. The molecule has 1 aliphatic rings. The van der Waals surface area contributed by atoms with E-state index in [0.717, 1.165) is 5.92 Å². The van der Waals surface area contributed by atoms with E-state index in [0.29, 0.717) is 6.04 Å². The summed E-state index contributed by atoms with van der Waals surface area (Å²) in [7, 11) is 2.09. The molecule has 1 aliphatic carbocycles. The zero-order chi connectivity index (χ0) is 11.5. The van der Waals surface area contributed by atoms with Gasteiger partial charge in [-0.05, 0) is 53.9 Å². The van der Waals surface area contributed by atoms with Crippen LogP contribution in [0.5, 0.6) is 0 Å². The lowest BCUT2D eigenvalue weighted by Crippen LogP contribution is -2.19. The highest BCUT2D eigenvalue weighted by molar-refractivity contribution is 9.11. The standard InChI is InChI=1S/C13H20BrNS/c1-9-11(8-13(14)16-9)12(15-2)7-10-5-3-4-6-10/h8,10,12,15H,3-7H2,1-2H3. The van der Waals surface area contributed by atoms with Gasteiger partial charge in [-0.2, -0.15) is 0 Å². The Morgan fingerprint density at radius 3 is 2.69 bits per heavy atom. The van der Waals surface area contributed by atoms with Crippen molar-refractivity contribution in [2.45, 2.75) is 45.1 Å². The third kappa shape index (κ3) is 2.88. The summed E-state index contributed by atoms with van der Waals surface area (Å²) in [6.45, 7) is 2.23. The molecule has 0 aromatic carbocycles. The van der Waals surface area contributed by atoms with E-state index in [4.69, 9.17) is 0 Å². The van der Waals surface area contributed by atoms with E-state index >= 15 is 0 Å². The SMILES string of the molecule is CNC(CC1CCCC1)c1cc(Br)sc1C. The van der Waals surface area contributed by atoms with Crippen LogP contribution in [0.2, 0.25) is 0 Å². The molecule has 0 radical (unpaired) electrons. The van der Waals surface area contributed by atoms with Gasteiger partial charge in [0.15, 0.2) is 0 Å². The summed E-state index contributed by atoms with van der Waals surface area (Å²) in [5.74, 6) is 0.940. The van der Waals surface area contributed by atoms with Crippen molar-refractivity contribution < 1.29 is 0 Å². The van der Waals surface area contributed by atoms with E-state index in [9.17, 15) is 0 Å². The Labute approximate surface area is 111 Å². The van der Waals surface area contributed by atoms with Gasteiger partial charge in [-0.15, -0.1) is 11.3 Å². The van der Waals surface area contributed by atoms with Crippen molar-refractivity contribution in [1.82, 2.24) is 5.32 Å². The fourth-order valence-electron chi connectivity index (χ4n) is 2.78. The van der Waals surface area contributed by atoms with E-state index in [2.05, 4.69) is 41.3 Å². The fraction of sp³-hybridized carbons (Fsp3) is 0.692. The predicted octanol–water partition coefficient (Wildman–Crippen LogP) is 4.66. The Kier molecular flexibility index (Phi) is 4.45. The second-order valence-corrected chi connectivity index (χ2v) is 7.43. The van der Waals surface area contributed by atoms with Crippen molar-refractivity contribution in [1.29, 1.82) is 0 Å². The van der Waals surface area contributed by atoms with E-state index in [1.165, 1.54) is 46.3 Å². The lowest BCUT2D eigenvalue weighted by Gasteiger charge is -2.20. The van der Waals surface area contributed by atoms with Crippen LogP contribution in [-0.4, -0.2) is 7.05 Å². The van der Waals surface area contributed by atoms with Gasteiger partial charge in [-0.3, -0.25) is 0 Å². The van der Waals surface area contributed by atoms with Crippen LogP contribution in [0.3, 0.4) is 0 Å². The summed E-state index contributed by atoms with van der Waals surface area (Å²) in [4.78, 5) is 1.45. The molecule has 16 heavy (non-hydrogen) atoms. The Morgan fingerprint density at radius 1 is 1.50 bits per heavy atom. The van der Waals surface area contributed by atoms with Crippen molar-refractivity contribution >= 4 is 27.3 Å². The Morgan fingerprint density at radius 2 is 2.19 bits per heavy atom. The maximum atomic E-state index is 3.58. The topological polar surface area (TPSA) is 12.0 Å². The molecule has 3 heteroatoms. The number of aryl methyl sites for hydroxylation is 1. The normalized spacial score (nSPS) is 19.2. The minimum absolute atomic E-state index is 0.547. The van der Waals surface area contributed by atoms with Crippen LogP contribution in [0, 0.1) is 12.8 Å². The molecule has 0 saturated heterocycles. The van der Waals surface area contributed by atoms with Crippen LogP contribution in [-0.2, 0) is 0 Å². The molecule has 1 aromatic heterocycles. The van der Waals surface area contributed by atoms with Crippen LogP contribution in [0.1, 0.15) is 48.6 Å². The second-order valence-electron chi connectivity index (χ2n) is 4.79. The molecule has 1 aromatic rings. The number of nitrogens with one attached hydrogen (secondary N) is 1. The molecule has 1 heterocycles. The molecular formula is C13H20BrNS. The van der Waals surface area contributed by atoms with Gasteiger partial charge in [0, 0.05) is 10.9 Å². The predicted molar refractivity (Wildman–Crippen MR) is 75.1 cm³/mol. The molecular weight excluding hydrogens is 282 g/mol. The van der Waals surface area contributed by atoms with Crippen LogP contribution in [0.15, 0.2) is 9.85 Å². The Bertz CT molecular complexity index is 342. The third-order valence-electron chi connectivity index (χ3n) is 3.69. The first-order valence-electron chi connectivity index (χ1n) is 6.13. The zero-order valence-corrected chi connectivity index (χ0v) is 12.5. The highest BCUT2D eigenvalue weighted by atomic mass is 79.9. The molecule has 0 bridgehead atoms. The summed E-state index contributed by atoms with van der Waals surface area (Å²) < 4.78 is 1.26. The summed E-state index contributed by atoms with van der Waals surface area (Å²) in [6.07, 6.45) is 7.05. The largest absolute Gasteiger partial charge is 0.313 e. The summed E-state index contributed by atoms with van der Waals surface area (Å²) in [5, 5.41) is 3.49. The third-order valence-corrected chi connectivity index (χ3v) is 5.26. The average Bonchev–Trinajstić information content (AvgIpc) is 2.85. The molecule has 90 valence electrons. The Hall–Kier alpha value is 0.140. The lowest BCUT2D eigenvalue weighted by molar-refractivity contribution is 0.413. The molecule has 2 rings (SSSR count). The van der Waals surface area contributed by atoms with Crippen molar-refractivity contribution in [2.24, 2.45) is 5.92 Å². The minimum Gasteiger partial charge on any atom is -0.313 e. The van der Waals surface area contributed by atoms with Gasteiger partial charge in [0.05, 0.1) is 3.79 Å². The van der Waals surface area contributed by atoms with Crippen LogP contribution in [0.25, 0.3) is 0 Å². The lowest BCUT2D eigenvalue weighted by atomic mass is 9.94. The van der Waals surface area contributed by atoms with Gasteiger partial charge in [-0.1, -0.05) is 25.7 Å². The highest BCUT2D eigenvalue weighted by Crippen LogP contribution is 2.37. The molecule has 1 N–H and O–H groups in total. The molecule has 1 unspecified atom stereocenters. The van der Waals surface area contributed by atoms with Gasteiger partial charge in [0.2, 0.25) is 0 Å². The number of halogens is 1. The Balaban J connectivity index is 2.06. The highest BCUT2D eigenvalue weighted by Gasteiger charge is 2.22. The summed E-state index contributed by atoms with van der Waals surface area (Å²) in [5.41, 5.74) is 1.49. The number of hydrogen-bond acceptors (Lipinski definition) is 2. The monoisotopic (exact) mass is 301 g/mol. The molecule has 0 spiro atoms. The molecule has 1 atom stereocenters. The second kappa shape index (κ2) is 5.65. The van der Waals surface area contributed by atoms with Gasteiger partial charge < -0.3 is 5.32 Å². The van der Waals surface area contributed by atoms with E-state index in [1.54, 1.807) is 0 Å². The van der Waals surface area contributed by atoms with Crippen molar-refractivity contribution in [3.05, 3.63) is 20.3 Å². The quantitative estimate of drug-likeness (QED) is 0.853. The molecule has 1 nitrogen and oxygen atoms in total. The van der Waals surface area contributed by atoms with Crippen molar-refractivity contribution in [3.63, 3.8) is 0 Å². The fourth-order valence-corrected chi connectivity index (χ4v) is 4.56. The molecule has 1 fully saturated rings. The maximum absolute atomic E-state index is 3.58. The molecule has 0 amide bonds. The first-order valence-corrected chi connectivity index (χ1v) is 7.74. The average molecular weight is 302 g/mol. The van der Waals surface area contributed by atoms with Gasteiger partial charge >= 0.3 is 0 Å². The number of rotatable bonds is 4. The van der Waals surface area contributed by atoms with Crippen LogP contribution >= 0.6 is 27.3 Å². The summed E-state index contributed by atoms with van der Waals surface area (Å²) in [6, 6.07) is 2.83. The van der Waals surface area contributed by atoms with Crippen LogP contribution < -0.4 is 5.32 Å². The zero-order valence-electron chi connectivity index (χ0n) is 10.1. The summed E-state index contributed by atoms with van der Waals surface area (Å²) >= 11 is 5.43. The van der Waals surface area contributed by atoms with Crippen molar-refractivity contribution in [3.8, 4) is 0 Å². The smallest absolute Gasteiger partial charge is 0.0704 e. The first-order chi connectivity index (χ1) is 7.70. The van der Waals surface area contributed by atoms with Crippen LogP contribution in [0.4, 0.5) is 0 Å². The van der Waals surface area contributed by atoms with E-state index < -0.39 is 0 Å². The van der Waals surface area contributed by atoms with Gasteiger partial charge in [0.1, 0.15) is 0 Å². The van der Waals surface area contributed by atoms with E-state index in [1.807, 2.05) is 11.3 Å². The van der Waals surface area contributed by atoms with E-state index in [-0.39, 0.29) is 0 Å². The minimum atomic E-state index is 0.547.